The minimum Gasteiger partial charge on any atom is -0.438 e. The van der Waals surface area contributed by atoms with Gasteiger partial charge >= 0.3 is 6.16 Å². The fourth-order valence-corrected chi connectivity index (χ4v) is 1.36. The lowest BCUT2D eigenvalue weighted by molar-refractivity contribution is -0.0549. The van der Waals surface area contributed by atoms with E-state index in [4.69, 9.17) is 9.47 Å². The Kier molecular flexibility index (Phi) is 3.98. The van der Waals surface area contributed by atoms with Crippen LogP contribution in [0.25, 0.3) is 0 Å². The minimum atomic E-state index is -0.657. The summed E-state index contributed by atoms with van der Waals surface area (Å²) in [4.78, 5) is 10.8. The van der Waals surface area contributed by atoms with Crippen LogP contribution in [0.5, 0.6) is 0 Å². The zero-order valence-electron chi connectivity index (χ0n) is 7.91. The summed E-state index contributed by atoms with van der Waals surface area (Å²) in [5, 5.41) is 3.12. The Bertz CT molecular complexity index is 174. The van der Waals surface area contributed by atoms with Crippen molar-refractivity contribution in [3.8, 4) is 0 Å². The summed E-state index contributed by atoms with van der Waals surface area (Å²) in [6.45, 7) is 1.51. The molecule has 0 radical (unpaired) electrons. The van der Waals surface area contributed by atoms with Gasteiger partial charge < -0.3 is 19.5 Å². The van der Waals surface area contributed by atoms with Crippen molar-refractivity contribution in [2.45, 2.75) is 18.6 Å². The molecule has 1 fully saturated rings. The third-order valence-electron chi connectivity index (χ3n) is 2.08. The van der Waals surface area contributed by atoms with Crippen molar-refractivity contribution >= 4 is 6.16 Å². The second-order valence-electron chi connectivity index (χ2n) is 2.88. The topological polar surface area (TPSA) is 56.8 Å². The molecule has 0 saturated carbocycles. The molecular weight excluding hydrogens is 174 g/mol. The van der Waals surface area contributed by atoms with Crippen LogP contribution >= 0.6 is 0 Å². The molecule has 2 atom stereocenters. The molecule has 5 nitrogen and oxygen atoms in total. The summed E-state index contributed by atoms with van der Waals surface area (Å²) in [6, 6.07) is 0. The van der Waals surface area contributed by atoms with Crippen molar-refractivity contribution in [3.05, 3.63) is 0 Å². The van der Waals surface area contributed by atoms with E-state index in [1.165, 1.54) is 7.11 Å². The highest BCUT2D eigenvalue weighted by Gasteiger charge is 2.28. The van der Waals surface area contributed by atoms with Gasteiger partial charge in [0, 0.05) is 13.7 Å². The molecule has 1 saturated heterocycles. The monoisotopic (exact) mass is 189 g/mol. The van der Waals surface area contributed by atoms with Crippen LogP contribution in [-0.2, 0) is 14.2 Å². The first kappa shape index (κ1) is 10.3. The van der Waals surface area contributed by atoms with Crippen molar-refractivity contribution in [1.29, 1.82) is 0 Å². The molecule has 0 amide bonds. The molecule has 0 unspecified atom stereocenters. The van der Waals surface area contributed by atoms with Gasteiger partial charge in [0.25, 0.3) is 0 Å². The zero-order chi connectivity index (χ0) is 9.68. The Balaban J connectivity index is 2.40. The van der Waals surface area contributed by atoms with Gasteiger partial charge in [0.1, 0.15) is 6.10 Å². The molecule has 0 aromatic rings. The number of hydrogen-bond donors (Lipinski definition) is 1. The van der Waals surface area contributed by atoms with Crippen molar-refractivity contribution in [3.63, 3.8) is 0 Å². The molecule has 0 bridgehead atoms. The van der Waals surface area contributed by atoms with Crippen LogP contribution in [0.4, 0.5) is 4.79 Å². The number of hydrogen-bond acceptors (Lipinski definition) is 5. The molecule has 0 aromatic carbocycles. The second-order valence-corrected chi connectivity index (χ2v) is 2.88. The van der Waals surface area contributed by atoms with Gasteiger partial charge in [0.2, 0.25) is 0 Å². The van der Waals surface area contributed by atoms with Crippen LogP contribution in [-0.4, -0.2) is 45.7 Å². The molecule has 0 aromatic heterocycles. The highest BCUT2D eigenvalue weighted by molar-refractivity contribution is 5.59. The summed E-state index contributed by atoms with van der Waals surface area (Å²) in [7, 11) is 2.91. The summed E-state index contributed by atoms with van der Waals surface area (Å²) < 4.78 is 14.6. The predicted molar refractivity (Wildman–Crippen MR) is 45.6 cm³/mol. The molecule has 5 heteroatoms. The van der Waals surface area contributed by atoms with Crippen LogP contribution in [0.2, 0.25) is 0 Å². The van der Waals surface area contributed by atoms with Gasteiger partial charge in [-0.2, -0.15) is 0 Å². The lowest BCUT2D eigenvalue weighted by Crippen LogP contribution is -2.47. The maximum atomic E-state index is 10.8. The third kappa shape index (κ3) is 2.86. The largest absolute Gasteiger partial charge is 0.508 e. The van der Waals surface area contributed by atoms with Gasteiger partial charge in [0.15, 0.2) is 0 Å². The first-order valence-electron chi connectivity index (χ1n) is 4.26. The molecule has 1 aliphatic heterocycles. The molecule has 1 heterocycles. The van der Waals surface area contributed by atoms with Crippen LogP contribution < -0.4 is 5.32 Å². The number of piperidine rings is 1. The normalized spacial score (nSPS) is 28.2. The van der Waals surface area contributed by atoms with E-state index >= 15 is 0 Å². The van der Waals surface area contributed by atoms with E-state index in [9.17, 15) is 4.79 Å². The Morgan fingerprint density at radius 1 is 1.38 bits per heavy atom. The number of rotatable bonds is 2. The van der Waals surface area contributed by atoms with E-state index in [1.807, 2.05) is 0 Å². The SMILES string of the molecule is COC(=O)O[C@H]1CNCC[C@H]1OC. The summed E-state index contributed by atoms with van der Waals surface area (Å²) in [6.07, 6.45) is -0.0830. The minimum absolute atomic E-state index is 0.0275. The van der Waals surface area contributed by atoms with Gasteiger partial charge in [0.05, 0.1) is 13.2 Å². The van der Waals surface area contributed by atoms with Crippen LogP contribution in [0.1, 0.15) is 6.42 Å². The number of ether oxygens (including phenoxy) is 3. The summed E-state index contributed by atoms with van der Waals surface area (Å²) >= 11 is 0. The van der Waals surface area contributed by atoms with Gasteiger partial charge in [-0.25, -0.2) is 4.79 Å². The predicted octanol–water partition coefficient (Wildman–Crippen LogP) is 0.146. The maximum Gasteiger partial charge on any atom is 0.508 e. The zero-order valence-corrected chi connectivity index (χ0v) is 7.91. The quantitative estimate of drug-likeness (QED) is 0.626. The summed E-state index contributed by atoms with van der Waals surface area (Å²) in [5.74, 6) is 0. The molecular formula is C8H15NO4. The molecule has 0 spiro atoms. The van der Waals surface area contributed by atoms with Crippen LogP contribution in [0.3, 0.4) is 0 Å². The van der Waals surface area contributed by atoms with E-state index in [2.05, 4.69) is 10.1 Å². The fraction of sp³-hybridized carbons (Fsp3) is 0.875. The first-order chi connectivity index (χ1) is 6.27. The molecule has 13 heavy (non-hydrogen) atoms. The lowest BCUT2D eigenvalue weighted by atomic mass is 10.1. The van der Waals surface area contributed by atoms with Crippen molar-refractivity contribution < 1.29 is 19.0 Å². The molecule has 76 valence electrons. The number of carbonyl (C=O) groups is 1. The number of carbonyl (C=O) groups excluding carboxylic acids is 1. The van der Waals surface area contributed by atoms with E-state index < -0.39 is 6.16 Å². The van der Waals surface area contributed by atoms with E-state index in [1.54, 1.807) is 7.11 Å². The Morgan fingerprint density at radius 2 is 2.15 bits per heavy atom. The second kappa shape index (κ2) is 5.04. The van der Waals surface area contributed by atoms with Gasteiger partial charge in [-0.1, -0.05) is 0 Å². The van der Waals surface area contributed by atoms with Gasteiger partial charge in [-0.05, 0) is 13.0 Å². The Morgan fingerprint density at radius 3 is 2.77 bits per heavy atom. The van der Waals surface area contributed by atoms with Gasteiger partial charge in [-0.15, -0.1) is 0 Å². The molecule has 1 aliphatic rings. The standard InChI is InChI=1S/C8H15NO4/c1-11-6-3-4-9-5-7(6)13-8(10)12-2/h6-7,9H,3-5H2,1-2H3/t6-,7+/m1/s1. The Hall–Kier alpha value is -0.810. The fourth-order valence-electron chi connectivity index (χ4n) is 1.36. The highest BCUT2D eigenvalue weighted by Crippen LogP contribution is 2.11. The van der Waals surface area contributed by atoms with E-state index in [-0.39, 0.29) is 12.2 Å². The summed E-state index contributed by atoms with van der Waals surface area (Å²) in [5.41, 5.74) is 0. The molecule has 1 rings (SSSR count). The Labute approximate surface area is 77.3 Å². The smallest absolute Gasteiger partial charge is 0.438 e. The van der Waals surface area contributed by atoms with Crippen LogP contribution in [0, 0.1) is 0 Å². The molecule has 0 aliphatic carbocycles. The van der Waals surface area contributed by atoms with Crippen molar-refractivity contribution in [2.24, 2.45) is 0 Å². The van der Waals surface area contributed by atoms with Crippen molar-refractivity contribution in [1.82, 2.24) is 5.32 Å². The first-order valence-corrected chi connectivity index (χ1v) is 4.26. The van der Waals surface area contributed by atoms with Gasteiger partial charge in [-0.3, -0.25) is 0 Å². The van der Waals surface area contributed by atoms with E-state index in [0.29, 0.717) is 6.54 Å². The number of nitrogens with one attached hydrogen (secondary N) is 1. The van der Waals surface area contributed by atoms with E-state index in [0.717, 1.165) is 13.0 Å². The molecule has 1 N–H and O–H groups in total. The van der Waals surface area contributed by atoms with Crippen molar-refractivity contribution in [2.75, 3.05) is 27.3 Å². The number of methoxy groups -OCH3 is 2. The average molecular weight is 189 g/mol. The highest BCUT2D eigenvalue weighted by atomic mass is 16.7. The van der Waals surface area contributed by atoms with Crippen LogP contribution in [0.15, 0.2) is 0 Å². The lowest BCUT2D eigenvalue weighted by Gasteiger charge is -2.29. The average Bonchev–Trinajstić information content (AvgIpc) is 2.18. The third-order valence-corrected chi connectivity index (χ3v) is 2.08. The maximum absolute atomic E-state index is 10.8.